The Balaban J connectivity index is 2.45. The number of ketones is 1. The molecule has 2 rings (SSSR count). The van der Waals surface area contributed by atoms with E-state index in [-0.39, 0.29) is 23.6 Å². The molecule has 4 heteroatoms. The van der Waals surface area contributed by atoms with Crippen molar-refractivity contribution in [3.63, 3.8) is 0 Å². The number of aromatic nitrogens is 1. The summed E-state index contributed by atoms with van der Waals surface area (Å²) in [5.74, 6) is -0.148. The first-order chi connectivity index (χ1) is 9.98. The number of hydrogen-bond donors (Lipinski definition) is 0. The van der Waals surface area contributed by atoms with Gasteiger partial charge in [0, 0.05) is 17.8 Å². The van der Waals surface area contributed by atoms with Gasteiger partial charge in [-0.2, -0.15) is 0 Å². The van der Waals surface area contributed by atoms with Crippen LogP contribution in [0, 0.1) is 5.41 Å². The van der Waals surface area contributed by atoms with Crippen molar-refractivity contribution in [2.24, 2.45) is 5.41 Å². The van der Waals surface area contributed by atoms with Crippen LogP contribution >= 0.6 is 0 Å². The van der Waals surface area contributed by atoms with Crippen LogP contribution in [0.4, 0.5) is 0 Å². The number of esters is 1. The predicted molar refractivity (Wildman–Crippen MR) is 85.2 cm³/mol. The number of fused-ring (bicyclic) bond motifs is 1. The molecule has 1 heterocycles. The molecule has 1 aromatic rings. The monoisotopic (exact) mass is 301 g/mol. The molecule has 0 radical (unpaired) electrons. The van der Waals surface area contributed by atoms with Crippen molar-refractivity contribution < 1.29 is 14.3 Å². The molecule has 0 aromatic carbocycles. The lowest BCUT2D eigenvalue weighted by molar-refractivity contribution is -0.145. The molecular weight excluding hydrogens is 278 g/mol. The van der Waals surface area contributed by atoms with Gasteiger partial charge in [-0.1, -0.05) is 20.8 Å². The summed E-state index contributed by atoms with van der Waals surface area (Å²) >= 11 is 0. The first-order valence-electron chi connectivity index (χ1n) is 7.45. The zero-order valence-electron chi connectivity index (χ0n) is 14.1. The Kier molecular flexibility index (Phi) is 3.98. The predicted octanol–water partition coefficient (Wildman–Crippen LogP) is 3.43. The van der Waals surface area contributed by atoms with Crippen LogP contribution in [-0.2, 0) is 26.2 Å². The number of carbonyl (C=O) groups is 2. The fraction of sp³-hybridized carbons (Fsp3) is 0.500. The number of ether oxygens (including phenoxy) is 1. The summed E-state index contributed by atoms with van der Waals surface area (Å²) in [5, 5.41) is 0. The lowest BCUT2D eigenvalue weighted by Crippen LogP contribution is -2.24. The van der Waals surface area contributed by atoms with Crippen LogP contribution in [0.15, 0.2) is 18.3 Å². The topological polar surface area (TPSA) is 56.3 Å². The number of allylic oxidation sites excluding steroid dienone is 1. The van der Waals surface area contributed by atoms with E-state index in [4.69, 9.17) is 4.74 Å². The molecule has 0 fully saturated rings. The second-order valence-corrected chi connectivity index (χ2v) is 7.76. The van der Waals surface area contributed by atoms with Crippen molar-refractivity contribution in [3.8, 4) is 0 Å². The summed E-state index contributed by atoms with van der Waals surface area (Å²) in [6.07, 6.45) is 3.44. The van der Waals surface area contributed by atoms with Crippen LogP contribution in [0.5, 0.6) is 0 Å². The molecule has 0 saturated heterocycles. The van der Waals surface area contributed by atoms with Gasteiger partial charge in [0.1, 0.15) is 5.76 Å². The third-order valence-electron chi connectivity index (χ3n) is 3.55. The highest BCUT2D eigenvalue weighted by Gasteiger charge is 2.29. The van der Waals surface area contributed by atoms with Crippen molar-refractivity contribution in [1.82, 2.24) is 4.98 Å². The lowest BCUT2D eigenvalue weighted by Gasteiger charge is -2.24. The smallest absolute Gasteiger partial charge is 0.316 e. The molecule has 118 valence electrons. The Morgan fingerprint density at radius 2 is 1.82 bits per heavy atom. The zero-order valence-corrected chi connectivity index (χ0v) is 14.1. The van der Waals surface area contributed by atoms with Gasteiger partial charge in [-0.15, -0.1) is 0 Å². The lowest BCUT2D eigenvalue weighted by atomic mass is 9.86. The fourth-order valence-electron chi connectivity index (χ4n) is 2.03. The van der Waals surface area contributed by atoms with E-state index in [1.165, 1.54) is 6.08 Å². The van der Waals surface area contributed by atoms with Crippen LogP contribution in [0.2, 0.25) is 0 Å². The van der Waals surface area contributed by atoms with Gasteiger partial charge < -0.3 is 4.74 Å². The summed E-state index contributed by atoms with van der Waals surface area (Å²) in [7, 11) is 0. The molecule has 0 unspecified atom stereocenters. The maximum atomic E-state index is 12.1. The second kappa shape index (κ2) is 5.34. The molecule has 0 bridgehead atoms. The number of pyridine rings is 1. The van der Waals surface area contributed by atoms with Crippen molar-refractivity contribution in [3.05, 3.63) is 35.2 Å². The minimum atomic E-state index is -0.628. The van der Waals surface area contributed by atoms with E-state index in [9.17, 15) is 9.59 Å². The van der Waals surface area contributed by atoms with Gasteiger partial charge in [0.05, 0.1) is 17.5 Å². The van der Waals surface area contributed by atoms with Gasteiger partial charge in [0.2, 0.25) is 0 Å². The molecule has 0 aliphatic heterocycles. The summed E-state index contributed by atoms with van der Waals surface area (Å²) < 4.78 is 5.48. The van der Waals surface area contributed by atoms with E-state index in [1.807, 2.05) is 6.07 Å². The molecule has 1 aliphatic rings. The van der Waals surface area contributed by atoms with E-state index in [2.05, 4.69) is 25.8 Å². The Bertz CT molecular complexity index is 658. The Morgan fingerprint density at radius 1 is 1.18 bits per heavy atom. The van der Waals surface area contributed by atoms with Crippen LogP contribution < -0.4 is 0 Å². The third-order valence-corrected chi connectivity index (χ3v) is 3.55. The maximum Gasteiger partial charge on any atom is 0.316 e. The summed E-state index contributed by atoms with van der Waals surface area (Å²) in [5.41, 5.74) is 1.75. The first kappa shape index (κ1) is 16.4. The number of carbonyl (C=O) groups excluding carboxylic acids is 2. The average molecular weight is 301 g/mol. The quantitative estimate of drug-likeness (QED) is 0.746. The largest absolute Gasteiger partial charge is 0.425 e. The molecule has 4 nitrogen and oxygen atoms in total. The fourth-order valence-corrected chi connectivity index (χ4v) is 2.03. The highest BCUT2D eigenvalue weighted by Crippen LogP contribution is 2.31. The van der Waals surface area contributed by atoms with E-state index in [1.54, 1.807) is 27.0 Å². The average Bonchev–Trinajstić information content (AvgIpc) is 2.35. The Labute approximate surface area is 131 Å². The summed E-state index contributed by atoms with van der Waals surface area (Å²) in [6.45, 7) is 11.6. The Morgan fingerprint density at radius 3 is 2.36 bits per heavy atom. The third kappa shape index (κ3) is 3.43. The van der Waals surface area contributed by atoms with Gasteiger partial charge >= 0.3 is 5.97 Å². The number of hydrogen-bond acceptors (Lipinski definition) is 4. The summed E-state index contributed by atoms with van der Waals surface area (Å²) in [6, 6.07) is 1.97. The van der Waals surface area contributed by atoms with Crippen molar-refractivity contribution >= 4 is 17.5 Å². The molecule has 0 saturated carbocycles. The number of rotatable bonds is 1. The van der Waals surface area contributed by atoms with Crippen LogP contribution in [0.1, 0.15) is 58.4 Å². The van der Waals surface area contributed by atoms with Gasteiger partial charge in [-0.25, -0.2) is 0 Å². The Hall–Kier alpha value is -1.97. The first-order valence-corrected chi connectivity index (χ1v) is 7.45. The molecule has 0 amide bonds. The van der Waals surface area contributed by atoms with Crippen LogP contribution in [0.3, 0.4) is 0 Å². The van der Waals surface area contributed by atoms with Gasteiger partial charge in [-0.3, -0.25) is 14.6 Å². The highest BCUT2D eigenvalue weighted by atomic mass is 16.5. The van der Waals surface area contributed by atoms with Crippen molar-refractivity contribution in [2.75, 3.05) is 0 Å². The molecule has 1 aromatic heterocycles. The highest BCUT2D eigenvalue weighted by molar-refractivity contribution is 6.01. The van der Waals surface area contributed by atoms with Gasteiger partial charge in [0.25, 0.3) is 0 Å². The van der Waals surface area contributed by atoms with Crippen LogP contribution in [-0.4, -0.2) is 16.7 Å². The minimum absolute atomic E-state index is 0.0668. The zero-order chi connectivity index (χ0) is 16.7. The van der Waals surface area contributed by atoms with E-state index < -0.39 is 5.41 Å². The molecule has 0 atom stereocenters. The molecule has 1 aliphatic carbocycles. The number of nitrogens with zero attached hydrogens (tertiary/aromatic N) is 1. The molecule has 0 N–H and O–H groups in total. The van der Waals surface area contributed by atoms with Crippen LogP contribution in [0.25, 0.3) is 5.76 Å². The van der Waals surface area contributed by atoms with Gasteiger partial charge in [-0.05, 0) is 37.8 Å². The SMILES string of the molecule is CC(C)(C)C(=O)OC1=CC(=O)Cc2ncc(C(C)(C)C)cc21. The maximum absolute atomic E-state index is 12.1. The second-order valence-electron chi connectivity index (χ2n) is 7.76. The molecule has 0 spiro atoms. The molecule has 22 heavy (non-hydrogen) atoms. The normalized spacial score (nSPS) is 15.2. The van der Waals surface area contributed by atoms with E-state index in [0.717, 1.165) is 11.1 Å². The van der Waals surface area contributed by atoms with E-state index in [0.29, 0.717) is 11.5 Å². The minimum Gasteiger partial charge on any atom is -0.425 e. The van der Waals surface area contributed by atoms with Crippen molar-refractivity contribution in [1.29, 1.82) is 0 Å². The summed E-state index contributed by atoms with van der Waals surface area (Å²) in [4.78, 5) is 28.4. The standard InChI is InChI=1S/C18H23NO3/c1-17(2,3)11-7-13-14(19-10-11)8-12(20)9-15(13)22-16(21)18(4,5)6/h7,9-10H,8H2,1-6H3. The van der Waals surface area contributed by atoms with E-state index >= 15 is 0 Å². The molecular formula is C18H23NO3. The van der Waals surface area contributed by atoms with Gasteiger partial charge in [0.15, 0.2) is 5.78 Å². The van der Waals surface area contributed by atoms with Crippen molar-refractivity contribution in [2.45, 2.75) is 53.4 Å².